The summed E-state index contributed by atoms with van der Waals surface area (Å²) in [5.74, 6) is 1.37. The molecule has 9 nitrogen and oxygen atoms in total. The molecule has 0 saturated heterocycles. The largest absolute Gasteiger partial charge is 0.481 e. The summed E-state index contributed by atoms with van der Waals surface area (Å²) in [6.45, 7) is 0. The van der Waals surface area contributed by atoms with E-state index in [2.05, 4.69) is 25.4 Å². The molecule has 4 aromatic rings. The number of carbonyl (C=O) groups excluding carboxylic acids is 1. The maximum Gasteiger partial charge on any atom is 0.256 e. The van der Waals surface area contributed by atoms with Gasteiger partial charge in [0.1, 0.15) is 24.3 Å². The Morgan fingerprint density at radius 1 is 1.23 bits per heavy atom. The van der Waals surface area contributed by atoms with Gasteiger partial charge in [-0.3, -0.25) is 9.36 Å². The third-order valence-electron chi connectivity index (χ3n) is 3.90. The number of aryl methyl sites for hydroxylation is 1. The molecule has 3 aromatic heterocycles. The maximum atomic E-state index is 12.6. The van der Waals surface area contributed by atoms with Gasteiger partial charge in [-0.15, -0.1) is 0 Å². The van der Waals surface area contributed by atoms with Crippen LogP contribution in [0.4, 0.5) is 5.82 Å². The topological polar surface area (TPSA) is 99.8 Å². The van der Waals surface area contributed by atoms with Crippen LogP contribution in [-0.4, -0.2) is 42.3 Å². The van der Waals surface area contributed by atoms with E-state index >= 15 is 0 Å². The number of fused-ring (bicyclic) bond motifs is 1. The summed E-state index contributed by atoms with van der Waals surface area (Å²) in [6.07, 6.45) is 6.42. The predicted molar refractivity (Wildman–Crippen MR) is 94.4 cm³/mol. The first-order valence-electron chi connectivity index (χ1n) is 7.78. The normalized spacial score (nSPS) is 10.8. The zero-order chi connectivity index (χ0) is 18.1. The summed E-state index contributed by atoms with van der Waals surface area (Å²) in [5, 5.41) is 7.97. The zero-order valence-corrected chi connectivity index (χ0v) is 14.1. The molecule has 0 aliphatic heterocycles. The molecule has 0 radical (unpaired) electrons. The number of benzene rings is 1. The number of hydrogen-bond acceptors (Lipinski definition) is 6. The fraction of sp³-hybridized carbons (Fsp3) is 0.118. The predicted octanol–water partition coefficient (Wildman–Crippen LogP) is 1.81. The van der Waals surface area contributed by atoms with E-state index in [1.54, 1.807) is 60.3 Å². The SMILES string of the molecule is COc1c2ccc(C(=O)Nc3cc(-n4ccnc4)ncn3)cc2nn1C. The minimum absolute atomic E-state index is 0.285. The van der Waals surface area contributed by atoms with E-state index < -0.39 is 0 Å². The Kier molecular flexibility index (Phi) is 3.81. The fourth-order valence-electron chi connectivity index (χ4n) is 2.70. The maximum absolute atomic E-state index is 12.6. The van der Waals surface area contributed by atoms with Crippen molar-refractivity contribution in [2.75, 3.05) is 12.4 Å². The third-order valence-corrected chi connectivity index (χ3v) is 3.90. The minimum atomic E-state index is -0.285. The summed E-state index contributed by atoms with van der Waals surface area (Å²) in [5.41, 5.74) is 1.15. The Hall–Kier alpha value is -3.75. The lowest BCUT2D eigenvalue weighted by Crippen LogP contribution is -2.13. The van der Waals surface area contributed by atoms with Crippen LogP contribution in [0.1, 0.15) is 10.4 Å². The van der Waals surface area contributed by atoms with Gasteiger partial charge in [0.15, 0.2) is 0 Å². The number of ether oxygens (including phenoxy) is 1. The van der Waals surface area contributed by atoms with E-state index in [9.17, 15) is 4.79 Å². The number of hydrogen-bond donors (Lipinski definition) is 1. The molecule has 0 spiro atoms. The van der Waals surface area contributed by atoms with Gasteiger partial charge in [-0.25, -0.2) is 19.6 Å². The summed E-state index contributed by atoms with van der Waals surface area (Å²) < 4.78 is 8.68. The van der Waals surface area contributed by atoms with Crippen molar-refractivity contribution in [1.82, 2.24) is 29.3 Å². The van der Waals surface area contributed by atoms with E-state index in [-0.39, 0.29) is 5.91 Å². The Morgan fingerprint density at radius 2 is 2.12 bits per heavy atom. The molecule has 0 aliphatic rings. The minimum Gasteiger partial charge on any atom is -0.481 e. The van der Waals surface area contributed by atoms with Crippen LogP contribution in [0.25, 0.3) is 16.7 Å². The monoisotopic (exact) mass is 349 g/mol. The van der Waals surface area contributed by atoms with Crippen molar-refractivity contribution < 1.29 is 9.53 Å². The number of methoxy groups -OCH3 is 1. The average Bonchev–Trinajstić information content (AvgIpc) is 3.28. The van der Waals surface area contributed by atoms with Crippen molar-refractivity contribution in [1.29, 1.82) is 0 Å². The second-order valence-electron chi connectivity index (χ2n) is 5.55. The Labute approximate surface area is 148 Å². The van der Waals surface area contributed by atoms with Crippen LogP contribution in [0.2, 0.25) is 0 Å². The van der Waals surface area contributed by atoms with Crippen molar-refractivity contribution in [2.45, 2.75) is 0 Å². The first kappa shape index (κ1) is 15.8. The molecule has 9 heteroatoms. The van der Waals surface area contributed by atoms with Crippen molar-refractivity contribution in [3.63, 3.8) is 0 Å². The van der Waals surface area contributed by atoms with Crippen LogP contribution in [-0.2, 0) is 7.05 Å². The van der Waals surface area contributed by atoms with Gasteiger partial charge in [0.25, 0.3) is 5.91 Å². The number of rotatable bonds is 4. The van der Waals surface area contributed by atoms with Crippen molar-refractivity contribution in [3.05, 3.63) is 54.9 Å². The second kappa shape index (κ2) is 6.28. The molecule has 1 N–H and O–H groups in total. The van der Waals surface area contributed by atoms with Gasteiger partial charge in [0, 0.05) is 31.1 Å². The van der Waals surface area contributed by atoms with Crippen LogP contribution < -0.4 is 10.1 Å². The molecule has 130 valence electrons. The van der Waals surface area contributed by atoms with Gasteiger partial charge < -0.3 is 10.1 Å². The Morgan fingerprint density at radius 3 is 2.88 bits per heavy atom. The van der Waals surface area contributed by atoms with Gasteiger partial charge in [-0.1, -0.05) is 0 Å². The molecule has 0 saturated carbocycles. The van der Waals surface area contributed by atoms with Crippen molar-refractivity contribution >= 4 is 22.6 Å². The van der Waals surface area contributed by atoms with Crippen LogP contribution >= 0.6 is 0 Å². The van der Waals surface area contributed by atoms with Gasteiger partial charge in [-0.05, 0) is 18.2 Å². The molecule has 1 aromatic carbocycles. The molecule has 0 aliphatic carbocycles. The lowest BCUT2D eigenvalue weighted by atomic mass is 10.1. The van der Waals surface area contributed by atoms with Gasteiger partial charge in [0.05, 0.1) is 18.0 Å². The van der Waals surface area contributed by atoms with E-state index in [1.807, 2.05) is 6.07 Å². The van der Waals surface area contributed by atoms with E-state index in [4.69, 9.17) is 4.74 Å². The first-order chi connectivity index (χ1) is 12.7. The Bertz CT molecular complexity index is 1090. The van der Waals surface area contributed by atoms with Crippen LogP contribution in [0.3, 0.4) is 0 Å². The van der Waals surface area contributed by atoms with Gasteiger partial charge in [-0.2, -0.15) is 5.10 Å². The molecule has 0 fully saturated rings. The van der Waals surface area contributed by atoms with Crippen molar-refractivity contribution in [2.24, 2.45) is 7.05 Å². The van der Waals surface area contributed by atoms with Gasteiger partial charge >= 0.3 is 0 Å². The second-order valence-corrected chi connectivity index (χ2v) is 5.55. The summed E-state index contributed by atoms with van der Waals surface area (Å²) in [4.78, 5) is 24.8. The number of carbonyl (C=O) groups is 1. The molecule has 26 heavy (non-hydrogen) atoms. The number of nitrogens with one attached hydrogen (secondary N) is 1. The molecule has 4 rings (SSSR count). The number of imidazole rings is 1. The van der Waals surface area contributed by atoms with E-state index in [0.717, 1.165) is 5.39 Å². The number of anilines is 1. The highest BCUT2D eigenvalue weighted by Gasteiger charge is 2.13. The highest BCUT2D eigenvalue weighted by Crippen LogP contribution is 2.25. The van der Waals surface area contributed by atoms with Gasteiger partial charge in [0.2, 0.25) is 5.88 Å². The molecular formula is C17H15N7O2. The molecule has 0 unspecified atom stereocenters. The number of amides is 1. The van der Waals surface area contributed by atoms with Crippen LogP contribution in [0.15, 0.2) is 49.3 Å². The highest BCUT2D eigenvalue weighted by molar-refractivity contribution is 6.06. The third kappa shape index (κ3) is 2.75. The van der Waals surface area contributed by atoms with Crippen LogP contribution in [0, 0.1) is 0 Å². The standard InChI is InChI=1S/C17H15N7O2/c1-23-17(26-2)12-4-3-11(7-13(12)22-23)16(25)21-14-8-15(20-9-19-14)24-6-5-18-10-24/h3-10H,1-2H3,(H,19,20,21,25). The average molecular weight is 349 g/mol. The highest BCUT2D eigenvalue weighted by atomic mass is 16.5. The van der Waals surface area contributed by atoms with E-state index in [0.29, 0.717) is 28.6 Å². The Balaban J connectivity index is 1.60. The molecular weight excluding hydrogens is 334 g/mol. The lowest BCUT2D eigenvalue weighted by Gasteiger charge is -2.06. The summed E-state index contributed by atoms with van der Waals surface area (Å²) in [7, 11) is 3.38. The molecule has 1 amide bonds. The molecule has 3 heterocycles. The fourth-order valence-corrected chi connectivity index (χ4v) is 2.70. The first-order valence-corrected chi connectivity index (χ1v) is 7.78. The smallest absolute Gasteiger partial charge is 0.256 e. The summed E-state index contributed by atoms with van der Waals surface area (Å²) in [6, 6.07) is 6.92. The van der Waals surface area contributed by atoms with Crippen LogP contribution in [0.5, 0.6) is 5.88 Å². The number of nitrogens with zero attached hydrogens (tertiary/aromatic N) is 6. The zero-order valence-electron chi connectivity index (χ0n) is 14.1. The van der Waals surface area contributed by atoms with E-state index in [1.165, 1.54) is 6.33 Å². The summed E-state index contributed by atoms with van der Waals surface area (Å²) >= 11 is 0. The molecule has 0 atom stereocenters. The number of aromatic nitrogens is 6. The quantitative estimate of drug-likeness (QED) is 0.603. The molecule has 0 bridgehead atoms. The lowest BCUT2D eigenvalue weighted by molar-refractivity contribution is 0.102. The van der Waals surface area contributed by atoms with Crippen molar-refractivity contribution in [3.8, 4) is 11.7 Å².